The molecule has 0 aromatic carbocycles. The standard InChI is InChI=1S/C6H10BN/c7-5-6-1-3-8-4-2-6/h5,8H,1-4H2. The molecule has 1 aliphatic rings. The van der Waals surface area contributed by atoms with Gasteiger partial charge in [0, 0.05) is 0 Å². The van der Waals surface area contributed by atoms with E-state index < -0.39 is 0 Å². The topological polar surface area (TPSA) is 12.0 Å². The van der Waals surface area contributed by atoms with Crippen molar-refractivity contribution in [2.45, 2.75) is 12.8 Å². The van der Waals surface area contributed by atoms with Crippen molar-refractivity contribution in [2.24, 2.45) is 0 Å². The normalized spacial score (nSPS) is 20.8. The third kappa shape index (κ3) is 1.37. The SMILES string of the molecule is [B]C=C1CCNCC1. The van der Waals surface area contributed by atoms with Gasteiger partial charge in [-0.25, -0.2) is 0 Å². The minimum atomic E-state index is 1.10. The summed E-state index contributed by atoms with van der Waals surface area (Å²) in [5, 5.41) is 3.25. The van der Waals surface area contributed by atoms with Crippen LogP contribution in [0.2, 0.25) is 0 Å². The Morgan fingerprint density at radius 3 is 2.38 bits per heavy atom. The van der Waals surface area contributed by atoms with E-state index in [0.29, 0.717) is 0 Å². The molecule has 0 amide bonds. The Kier molecular flexibility index (Phi) is 2.16. The van der Waals surface area contributed by atoms with Gasteiger partial charge in [-0.15, -0.1) is 5.98 Å². The molecule has 0 unspecified atom stereocenters. The van der Waals surface area contributed by atoms with Crippen molar-refractivity contribution >= 4 is 7.85 Å². The summed E-state index contributed by atoms with van der Waals surface area (Å²) in [6.45, 7) is 2.20. The molecule has 1 saturated heterocycles. The van der Waals surface area contributed by atoms with E-state index in [-0.39, 0.29) is 0 Å². The van der Waals surface area contributed by atoms with E-state index in [4.69, 9.17) is 7.85 Å². The van der Waals surface area contributed by atoms with Crippen LogP contribution in [0.25, 0.3) is 0 Å². The van der Waals surface area contributed by atoms with Crippen molar-refractivity contribution in [3.05, 3.63) is 11.5 Å². The van der Waals surface area contributed by atoms with Crippen molar-refractivity contribution in [2.75, 3.05) is 13.1 Å². The quantitative estimate of drug-likeness (QED) is 0.442. The van der Waals surface area contributed by atoms with Crippen molar-refractivity contribution < 1.29 is 0 Å². The molecule has 0 spiro atoms. The lowest BCUT2D eigenvalue weighted by Gasteiger charge is -2.14. The fourth-order valence-corrected chi connectivity index (χ4v) is 0.915. The van der Waals surface area contributed by atoms with E-state index >= 15 is 0 Å². The lowest BCUT2D eigenvalue weighted by Crippen LogP contribution is -2.22. The average molecular weight is 107 g/mol. The Morgan fingerprint density at radius 2 is 2.00 bits per heavy atom. The van der Waals surface area contributed by atoms with Crippen molar-refractivity contribution in [3.63, 3.8) is 0 Å². The fraction of sp³-hybridized carbons (Fsp3) is 0.667. The van der Waals surface area contributed by atoms with Crippen LogP contribution in [0.1, 0.15) is 12.8 Å². The zero-order valence-corrected chi connectivity index (χ0v) is 4.98. The van der Waals surface area contributed by atoms with Gasteiger partial charge in [0.2, 0.25) is 0 Å². The van der Waals surface area contributed by atoms with Gasteiger partial charge < -0.3 is 5.32 Å². The molecule has 0 bridgehead atoms. The molecular formula is C6H10BN. The van der Waals surface area contributed by atoms with Crippen LogP contribution in [-0.4, -0.2) is 20.9 Å². The molecule has 0 aromatic rings. The number of hydrogen-bond acceptors (Lipinski definition) is 1. The first kappa shape index (κ1) is 5.89. The zero-order valence-electron chi connectivity index (χ0n) is 4.98. The number of piperidine rings is 1. The second-order valence-electron chi connectivity index (χ2n) is 2.07. The fourth-order valence-electron chi connectivity index (χ4n) is 0.915. The first-order valence-electron chi connectivity index (χ1n) is 3.04. The van der Waals surface area contributed by atoms with Gasteiger partial charge in [-0.2, -0.15) is 0 Å². The third-order valence-electron chi connectivity index (χ3n) is 1.48. The summed E-state index contributed by atoms with van der Waals surface area (Å²) in [7, 11) is 5.31. The molecule has 1 nitrogen and oxygen atoms in total. The van der Waals surface area contributed by atoms with Gasteiger partial charge in [0.1, 0.15) is 7.85 Å². The molecule has 42 valence electrons. The van der Waals surface area contributed by atoms with Crippen LogP contribution in [0.15, 0.2) is 11.5 Å². The van der Waals surface area contributed by atoms with Crippen LogP contribution in [0.4, 0.5) is 0 Å². The van der Waals surface area contributed by atoms with Gasteiger partial charge in [-0.05, 0) is 25.9 Å². The van der Waals surface area contributed by atoms with E-state index in [1.165, 1.54) is 5.57 Å². The van der Waals surface area contributed by atoms with Gasteiger partial charge in [0.05, 0.1) is 0 Å². The lowest BCUT2D eigenvalue weighted by atomic mass is 9.98. The highest BCUT2D eigenvalue weighted by atomic mass is 14.9. The predicted octanol–water partition coefficient (Wildman–Crippen LogP) is 0.422. The van der Waals surface area contributed by atoms with Crippen LogP contribution in [0, 0.1) is 0 Å². The minimum Gasteiger partial charge on any atom is -0.316 e. The van der Waals surface area contributed by atoms with Crippen LogP contribution in [0.5, 0.6) is 0 Å². The Labute approximate surface area is 51.6 Å². The monoisotopic (exact) mass is 107 g/mol. The number of hydrogen-bond donors (Lipinski definition) is 1. The van der Waals surface area contributed by atoms with E-state index in [0.717, 1.165) is 25.9 Å². The largest absolute Gasteiger partial charge is 0.316 e. The van der Waals surface area contributed by atoms with Crippen molar-refractivity contribution in [1.29, 1.82) is 0 Å². The molecular weight excluding hydrogens is 96.9 g/mol. The second kappa shape index (κ2) is 2.93. The predicted molar refractivity (Wildman–Crippen MR) is 35.9 cm³/mol. The molecule has 0 atom stereocenters. The summed E-state index contributed by atoms with van der Waals surface area (Å²) in [6, 6.07) is 0. The maximum atomic E-state index is 5.31. The molecule has 0 aromatic heterocycles. The van der Waals surface area contributed by atoms with Crippen LogP contribution in [0.3, 0.4) is 0 Å². The van der Waals surface area contributed by atoms with Gasteiger partial charge in [-0.3, -0.25) is 0 Å². The Hall–Kier alpha value is -0.235. The molecule has 1 N–H and O–H groups in total. The van der Waals surface area contributed by atoms with Crippen LogP contribution >= 0.6 is 0 Å². The molecule has 1 heterocycles. The molecule has 1 rings (SSSR count). The summed E-state index contributed by atoms with van der Waals surface area (Å²) in [6.07, 6.45) is 2.27. The summed E-state index contributed by atoms with van der Waals surface area (Å²) in [4.78, 5) is 0. The van der Waals surface area contributed by atoms with Gasteiger partial charge in [0.25, 0.3) is 0 Å². The molecule has 8 heavy (non-hydrogen) atoms. The van der Waals surface area contributed by atoms with Crippen molar-refractivity contribution in [3.8, 4) is 0 Å². The van der Waals surface area contributed by atoms with E-state index in [2.05, 4.69) is 5.32 Å². The molecule has 1 fully saturated rings. The maximum Gasteiger partial charge on any atom is 0.102 e. The molecule has 0 saturated carbocycles. The number of nitrogens with one attached hydrogen (secondary N) is 1. The minimum absolute atomic E-state index is 1.10. The van der Waals surface area contributed by atoms with E-state index in [9.17, 15) is 0 Å². The summed E-state index contributed by atoms with van der Waals surface area (Å²) >= 11 is 0. The zero-order chi connectivity index (χ0) is 5.82. The van der Waals surface area contributed by atoms with Crippen molar-refractivity contribution in [1.82, 2.24) is 5.32 Å². The van der Waals surface area contributed by atoms with E-state index in [1.54, 1.807) is 5.98 Å². The molecule has 0 aliphatic carbocycles. The average Bonchev–Trinajstić information content (AvgIpc) is 1.90. The van der Waals surface area contributed by atoms with Gasteiger partial charge >= 0.3 is 0 Å². The lowest BCUT2D eigenvalue weighted by molar-refractivity contribution is 0.611. The Balaban J connectivity index is 2.33. The van der Waals surface area contributed by atoms with Gasteiger partial charge in [-0.1, -0.05) is 5.57 Å². The molecule has 2 radical (unpaired) electrons. The van der Waals surface area contributed by atoms with Crippen LogP contribution < -0.4 is 5.32 Å². The molecule has 2 heteroatoms. The van der Waals surface area contributed by atoms with Crippen LogP contribution in [-0.2, 0) is 0 Å². The second-order valence-corrected chi connectivity index (χ2v) is 2.07. The highest BCUT2D eigenvalue weighted by molar-refractivity contribution is 6.17. The smallest absolute Gasteiger partial charge is 0.102 e. The summed E-state index contributed by atoms with van der Waals surface area (Å²) in [5.74, 6) is 1.74. The Morgan fingerprint density at radius 1 is 1.38 bits per heavy atom. The number of rotatable bonds is 0. The first-order valence-corrected chi connectivity index (χ1v) is 3.04. The van der Waals surface area contributed by atoms with E-state index in [1.807, 2.05) is 0 Å². The Bertz CT molecular complexity index is 90.7. The third-order valence-corrected chi connectivity index (χ3v) is 1.48. The summed E-state index contributed by atoms with van der Waals surface area (Å²) in [5.41, 5.74) is 1.39. The van der Waals surface area contributed by atoms with Gasteiger partial charge in [0.15, 0.2) is 0 Å². The maximum absolute atomic E-state index is 5.31. The highest BCUT2D eigenvalue weighted by Gasteiger charge is 2.00. The first-order chi connectivity index (χ1) is 3.93. The summed E-state index contributed by atoms with van der Waals surface area (Å²) < 4.78 is 0. The molecule has 1 aliphatic heterocycles. The highest BCUT2D eigenvalue weighted by Crippen LogP contribution is 2.07.